The van der Waals surface area contributed by atoms with E-state index in [0.29, 0.717) is 11.9 Å². The molecule has 0 atom stereocenters. The highest BCUT2D eigenvalue weighted by atomic mass is 19.1. The molecule has 2 saturated carbocycles. The molecule has 0 aromatic heterocycles. The van der Waals surface area contributed by atoms with E-state index in [1.807, 2.05) is 27.7 Å². The van der Waals surface area contributed by atoms with E-state index >= 15 is 0 Å². The molecular weight excluding hydrogens is 374 g/mol. The summed E-state index contributed by atoms with van der Waals surface area (Å²) in [5, 5.41) is 5.49. The van der Waals surface area contributed by atoms with Crippen LogP contribution < -0.4 is 10.6 Å². The number of rotatable bonds is 4. The second kappa shape index (κ2) is 11.3. The number of benzene rings is 1. The van der Waals surface area contributed by atoms with Gasteiger partial charge >= 0.3 is 0 Å². The lowest BCUT2D eigenvalue weighted by Crippen LogP contribution is -2.41. The van der Waals surface area contributed by atoms with E-state index in [4.69, 9.17) is 0 Å². The molecule has 164 valence electrons. The molecule has 0 spiro atoms. The van der Waals surface area contributed by atoms with Crippen LogP contribution in [0.2, 0.25) is 0 Å². The van der Waals surface area contributed by atoms with Gasteiger partial charge in [-0.15, -0.1) is 0 Å². The van der Waals surface area contributed by atoms with Crippen LogP contribution in [0.4, 0.5) is 8.78 Å². The Morgan fingerprint density at radius 2 is 1.45 bits per heavy atom. The summed E-state index contributed by atoms with van der Waals surface area (Å²) in [4.78, 5) is 23.2. The first-order valence-electron chi connectivity index (χ1n) is 10.7. The van der Waals surface area contributed by atoms with Gasteiger partial charge in [0.1, 0.15) is 17.2 Å². The Morgan fingerprint density at radius 3 is 1.83 bits per heavy atom. The van der Waals surface area contributed by atoms with Crippen LogP contribution in [0.25, 0.3) is 0 Å². The Morgan fingerprint density at radius 1 is 0.966 bits per heavy atom. The molecular formula is C23H36F2N2O2. The molecule has 0 saturated heterocycles. The van der Waals surface area contributed by atoms with Crippen molar-refractivity contribution in [2.75, 3.05) is 0 Å². The van der Waals surface area contributed by atoms with Crippen LogP contribution >= 0.6 is 0 Å². The molecule has 29 heavy (non-hydrogen) atoms. The van der Waals surface area contributed by atoms with Crippen molar-refractivity contribution in [1.29, 1.82) is 0 Å². The predicted molar refractivity (Wildman–Crippen MR) is 113 cm³/mol. The second-order valence-electron chi connectivity index (χ2n) is 8.28. The van der Waals surface area contributed by atoms with Crippen LogP contribution in [0.15, 0.2) is 18.2 Å². The second-order valence-corrected chi connectivity index (χ2v) is 8.28. The fourth-order valence-electron chi connectivity index (χ4n) is 3.98. The number of hydrogen-bond acceptors (Lipinski definition) is 2. The highest BCUT2D eigenvalue weighted by molar-refractivity contribution is 5.94. The van der Waals surface area contributed by atoms with Crippen molar-refractivity contribution in [2.45, 2.75) is 85.7 Å². The maximum absolute atomic E-state index is 13.1. The highest BCUT2D eigenvalue weighted by Gasteiger charge is 2.49. The lowest BCUT2D eigenvalue weighted by atomic mass is 9.83. The van der Waals surface area contributed by atoms with Crippen LogP contribution in [0.5, 0.6) is 0 Å². The van der Waals surface area contributed by atoms with E-state index < -0.39 is 23.1 Å². The van der Waals surface area contributed by atoms with Crippen molar-refractivity contribution in [1.82, 2.24) is 10.6 Å². The lowest BCUT2D eigenvalue weighted by molar-refractivity contribution is -0.131. The first-order chi connectivity index (χ1) is 13.6. The van der Waals surface area contributed by atoms with Gasteiger partial charge in [-0.2, -0.15) is 0 Å². The van der Waals surface area contributed by atoms with E-state index in [1.54, 1.807) is 13.8 Å². The maximum atomic E-state index is 13.1. The summed E-state index contributed by atoms with van der Waals surface area (Å²) in [5.41, 5.74) is -0.476. The topological polar surface area (TPSA) is 58.2 Å². The third-order valence-corrected chi connectivity index (χ3v) is 5.25. The number of hydrogen-bond donors (Lipinski definition) is 2. The Bertz CT molecular complexity index is 661. The first kappa shape index (κ1) is 25.1. The van der Waals surface area contributed by atoms with Gasteiger partial charge in [0.25, 0.3) is 5.91 Å². The molecule has 2 amide bonds. The zero-order valence-electron chi connectivity index (χ0n) is 18.6. The van der Waals surface area contributed by atoms with Crippen molar-refractivity contribution in [3.05, 3.63) is 35.4 Å². The summed E-state index contributed by atoms with van der Waals surface area (Å²) in [5.74, 6) is -1.23. The molecule has 3 rings (SSSR count). The maximum Gasteiger partial charge on any atom is 0.257 e. The van der Waals surface area contributed by atoms with E-state index in [1.165, 1.54) is 18.9 Å². The molecule has 2 fully saturated rings. The third kappa shape index (κ3) is 6.79. The van der Waals surface area contributed by atoms with Gasteiger partial charge in [-0.3, -0.25) is 9.59 Å². The minimum Gasteiger partial charge on any atom is -0.353 e. The van der Waals surface area contributed by atoms with Gasteiger partial charge in [-0.1, -0.05) is 19.9 Å². The fourth-order valence-corrected chi connectivity index (χ4v) is 3.98. The van der Waals surface area contributed by atoms with Crippen molar-refractivity contribution in [3.8, 4) is 0 Å². The van der Waals surface area contributed by atoms with Gasteiger partial charge in [0.2, 0.25) is 5.91 Å². The van der Waals surface area contributed by atoms with Gasteiger partial charge in [0, 0.05) is 17.5 Å². The van der Waals surface area contributed by atoms with E-state index in [0.717, 1.165) is 37.3 Å². The number of amides is 2. The summed E-state index contributed by atoms with van der Waals surface area (Å²) in [7, 11) is 0. The molecule has 0 unspecified atom stereocenters. The van der Waals surface area contributed by atoms with Gasteiger partial charge in [0.15, 0.2) is 0 Å². The summed E-state index contributed by atoms with van der Waals surface area (Å²) >= 11 is 0. The molecule has 6 heteroatoms. The minimum absolute atomic E-state index is 0.0505. The number of fused-ring (bicyclic) bond motifs is 2. The normalized spacial score (nSPS) is 21.8. The SMILES string of the molecule is CC.CC(C)NC(=O)C12CCC(CC1)C2.CC(C)NC(=O)c1c(F)cccc1F. The quantitative estimate of drug-likeness (QED) is 0.715. The lowest BCUT2D eigenvalue weighted by Gasteiger charge is -2.26. The predicted octanol–water partition coefficient (Wildman–Crippen LogP) is 5.22. The summed E-state index contributed by atoms with van der Waals surface area (Å²) < 4.78 is 26.1. The number of carbonyl (C=O) groups is 2. The third-order valence-electron chi connectivity index (χ3n) is 5.25. The number of carbonyl (C=O) groups excluding carboxylic acids is 2. The van der Waals surface area contributed by atoms with E-state index in [-0.39, 0.29) is 11.5 Å². The smallest absolute Gasteiger partial charge is 0.257 e. The Labute approximate surface area is 173 Å². The Hall–Kier alpha value is -1.98. The van der Waals surface area contributed by atoms with Crippen LogP contribution in [-0.2, 0) is 4.79 Å². The van der Waals surface area contributed by atoms with Crippen LogP contribution in [0, 0.1) is 23.0 Å². The van der Waals surface area contributed by atoms with Crippen LogP contribution in [0.1, 0.15) is 84.0 Å². The molecule has 0 aliphatic heterocycles. The molecule has 2 aliphatic rings. The molecule has 0 radical (unpaired) electrons. The fraction of sp³-hybridized carbons (Fsp3) is 0.652. The molecule has 2 aliphatic carbocycles. The molecule has 2 bridgehead atoms. The van der Waals surface area contributed by atoms with Crippen molar-refractivity contribution < 1.29 is 18.4 Å². The van der Waals surface area contributed by atoms with E-state index in [9.17, 15) is 18.4 Å². The average molecular weight is 411 g/mol. The monoisotopic (exact) mass is 410 g/mol. The van der Waals surface area contributed by atoms with Gasteiger partial charge in [0.05, 0.1) is 0 Å². The van der Waals surface area contributed by atoms with Gasteiger partial charge in [-0.25, -0.2) is 8.78 Å². The molecule has 1 aromatic rings. The standard InChI is InChI=1S/C11H19NO.C10H11F2NO.C2H6/c1-8(2)12-10(13)11-5-3-9(7-11)4-6-11;1-6(2)13-10(14)9-7(11)4-3-5-8(9)12;1-2/h8-9H,3-7H2,1-2H3,(H,12,13);3-6H,1-2H3,(H,13,14);1-2H3. The molecule has 4 nitrogen and oxygen atoms in total. The average Bonchev–Trinajstić information content (AvgIpc) is 3.25. The minimum atomic E-state index is -0.844. The van der Waals surface area contributed by atoms with E-state index in [2.05, 4.69) is 10.6 Å². The Balaban J connectivity index is 0.000000268. The zero-order valence-corrected chi connectivity index (χ0v) is 18.6. The number of nitrogens with one attached hydrogen (secondary N) is 2. The molecule has 1 aromatic carbocycles. The van der Waals surface area contributed by atoms with Gasteiger partial charge in [-0.05, 0) is 77.8 Å². The first-order valence-corrected chi connectivity index (χ1v) is 10.7. The summed E-state index contributed by atoms with van der Waals surface area (Å²) in [6, 6.07) is 3.47. The molecule has 0 heterocycles. The summed E-state index contributed by atoms with van der Waals surface area (Å²) in [6.45, 7) is 11.5. The zero-order chi connectivity index (χ0) is 22.2. The summed E-state index contributed by atoms with van der Waals surface area (Å²) in [6.07, 6.45) is 6.00. The molecule has 2 N–H and O–H groups in total. The van der Waals surface area contributed by atoms with Crippen molar-refractivity contribution in [3.63, 3.8) is 0 Å². The van der Waals surface area contributed by atoms with Gasteiger partial charge < -0.3 is 10.6 Å². The Kier molecular flexibility index (Phi) is 9.74. The van der Waals surface area contributed by atoms with Crippen LogP contribution in [0.3, 0.4) is 0 Å². The highest BCUT2D eigenvalue weighted by Crippen LogP contribution is 2.54. The van der Waals surface area contributed by atoms with Crippen molar-refractivity contribution >= 4 is 11.8 Å². The van der Waals surface area contributed by atoms with Crippen LogP contribution in [-0.4, -0.2) is 23.9 Å². The number of halogens is 2. The largest absolute Gasteiger partial charge is 0.353 e. The van der Waals surface area contributed by atoms with Crippen molar-refractivity contribution in [2.24, 2.45) is 11.3 Å².